The van der Waals surface area contributed by atoms with E-state index >= 15 is 0 Å². The van der Waals surface area contributed by atoms with Gasteiger partial charge >= 0.3 is 6.09 Å². The molecule has 2 amide bonds. The largest absolute Gasteiger partial charge is 0.444 e. The number of hydrogen-bond acceptors (Lipinski definition) is 3. The van der Waals surface area contributed by atoms with Crippen LogP contribution in [0.3, 0.4) is 0 Å². The summed E-state index contributed by atoms with van der Waals surface area (Å²) >= 11 is 0. The van der Waals surface area contributed by atoms with Crippen molar-refractivity contribution in [2.24, 2.45) is 0 Å². The Morgan fingerprint density at radius 3 is 2.33 bits per heavy atom. The number of alkyl carbamates (subject to hydrolysis) is 1. The summed E-state index contributed by atoms with van der Waals surface area (Å²) in [7, 11) is 0. The van der Waals surface area contributed by atoms with Crippen LogP contribution < -0.4 is 10.6 Å². The fraction of sp³-hybridized carbons (Fsp3) is 0.800. The zero-order chi connectivity index (χ0) is 11.9. The van der Waals surface area contributed by atoms with Gasteiger partial charge in [-0.1, -0.05) is 0 Å². The topological polar surface area (TPSA) is 67.4 Å². The monoisotopic (exact) mass is 214 g/mol. The number of nitrogens with one attached hydrogen (secondary N) is 2. The van der Waals surface area contributed by atoms with Gasteiger partial charge in [-0.3, -0.25) is 4.79 Å². The first-order valence-electron chi connectivity index (χ1n) is 4.93. The lowest BCUT2D eigenvalue weighted by molar-refractivity contribution is -0.135. The molecule has 0 aliphatic carbocycles. The lowest BCUT2D eigenvalue weighted by Gasteiger charge is -2.44. The maximum absolute atomic E-state index is 11.4. The molecule has 1 saturated heterocycles. The van der Waals surface area contributed by atoms with Crippen molar-refractivity contribution < 1.29 is 14.3 Å². The van der Waals surface area contributed by atoms with Crippen LogP contribution in [0.5, 0.6) is 0 Å². The molecule has 1 aliphatic rings. The maximum Gasteiger partial charge on any atom is 0.408 e. The van der Waals surface area contributed by atoms with Gasteiger partial charge < -0.3 is 15.4 Å². The summed E-state index contributed by atoms with van der Waals surface area (Å²) in [5.41, 5.74) is -0.942. The van der Waals surface area contributed by atoms with Gasteiger partial charge in [0.05, 0.1) is 5.54 Å². The Morgan fingerprint density at radius 1 is 1.47 bits per heavy atom. The summed E-state index contributed by atoms with van der Waals surface area (Å²) in [4.78, 5) is 22.5. The highest BCUT2D eigenvalue weighted by Gasteiger charge is 2.47. The summed E-state index contributed by atoms with van der Waals surface area (Å²) < 4.78 is 5.06. The molecule has 0 saturated carbocycles. The lowest BCUT2D eigenvalue weighted by atomic mass is 9.86. The standard InChI is InChI=1S/C10H18N2O3/c1-9(2,3)15-8(14)11-6-7(13)12-10(6,4)5/h6H,1-5H3,(H,11,14)(H,12,13)/t6-/m0/s1. The third kappa shape index (κ3) is 2.84. The fourth-order valence-electron chi connectivity index (χ4n) is 1.38. The number of carbonyl (C=O) groups excluding carboxylic acids is 2. The first kappa shape index (κ1) is 11.8. The van der Waals surface area contributed by atoms with E-state index in [2.05, 4.69) is 10.6 Å². The molecule has 0 radical (unpaired) electrons. The summed E-state index contributed by atoms with van der Waals surface area (Å²) in [6.45, 7) is 9.02. The van der Waals surface area contributed by atoms with Crippen LogP contribution in [0.2, 0.25) is 0 Å². The third-order valence-corrected chi connectivity index (χ3v) is 2.09. The predicted molar refractivity (Wildman–Crippen MR) is 55.4 cm³/mol. The van der Waals surface area contributed by atoms with Gasteiger partial charge in [0.15, 0.2) is 0 Å². The number of β-lactam (4-membered cyclic amide) rings is 1. The molecule has 86 valence electrons. The molecule has 0 unspecified atom stereocenters. The zero-order valence-corrected chi connectivity index (χ0v) is 9.80. The highest BCUT2D eigenvalue weighted by Crippen LogP contribution is 2.19. The van der Waals surface area contributed by atoms with Crippen molar-refractivity contribution in [1.29, 1.82) is 0 Å². The number of hydrogen-bond donors (Lipinski definition) is 2. The van der Waals surface area contributed by atoms with Gasteiger partial charge in [0, 0.05) is 0 Å². The Hall–Kier alpha value is -1.26. The molecule has 1 heterocycles. The van der Waals surface area contributed by atoms with E-state index in [1.54, 1.807) is 20.8 Å². The molecule has 15 heavy (non-hydrogen) atoms. The molecule has 1 rings (SSSR count). The quantitative estimate of drug-likeness (QED) is 0.634. The number of rotatable bonds is 1. The molecular weight excluding hydrogens is 196 g/mol. The average molecular weight is 214 g/mol. The normalized spacial score (nSPS) is 23.8. The summed E-state index contributed by atoms with van der Waals surface area (Å²) in [5.74, 6) is -0.175. The van der Waals surface area contributed by atoms with E-state index < -0.39 is 23.3 Å². The van der Waals surface area contributed by atoms with Crippen LogP contribution in [0.1, 0.15) is 34.6 Å². The molecule has 5 heteroatoms. The Kier molecular flexibility index (Phi) is 2.67. The molecule has 0 spiro atoms. The first-order valence-corrected chi connectivity index (χ1v) is 4.93. The van der Waals surface area contributed by atoms with E-state index in [9.17, 15) is 9.59 Å². The van der Waals surface area contributed by atoms with Gasteiger partial charge in [0.1, 0.15) is 11.6 Å². The minimum atomic E-state index is -0.560. The van der Waals surface area contributed by atoms with Gasteiger partial charge in [-0.25, -0.2) is 4.79 Å². The Bertz CT molecular complexity index is 292. The van der Waals surface area contributed by atoms with Crippen LogP contribution in [0, 0.1) is 0 Å². The first-order chi connectivity index (χ1) is 6.62. The SMILES string of the molecule is CC(C)(C)OC(=O)N[C@H]1C(=O)NC1(C)C. The van der Waals surface area contributed by atoms with E-state index in [1.165, 1.54) is 0 Å². The van der Waals surface area contributed by atoms with Crippen molar-refractivity contribution in [3.63, 3.8) is 0 Å². The van der Waals surface area contributed by atoms with E-state index in [0.29, 0.717) is 0 Å². The molecule has 2 N–H and O–H groups in total. The fourth-order valence-corrected chi connectivity index (χ4v) is 1.38. The summed E-state index contributed by atoms with van der Waals surface area (Å²) in [6, 6.07) is -0.507. The molecule has 0 bridgehead atoms. The van der Waals surface area contributed by atoms with Crippen LogP contribution in [0.4, 0.5) is 4.79 Å². The molecule has 1 fully saturated rings. The minimum Gasteiger partial charge on any atom is -0.444 e. The van der Waals surface area contributed by atoms with Crippen LogP contribution in [0.25, 0.3) is 0 Å². The second-order valence-electron chi connectivity index (χ2n) is 5.29. The smallest absolute Gasteiger partial charge is 0.408 e. The van der Waals surface area contributed by atoms with E-state index in [4.69, 9.17) is 4.74 Å². The maximum atomic E-state index is 11.4. The van der Waals surface area contributed by atoms with Crippen molar-refractivity contribution in [1.82, 2.24) is 10.6 Å². The van der Waals surface area contributed by atoms with Gasteiger partial charge in [0.25, 0.3) is 0 Å². The molecule has 0 aromatic heterocycles. The van der Waals surface area contributed by atoms with Gasteiger partial charge in [0.2, 0.25) is 5.91 Å². The van der Waals surface area contributed by atoms with E-state index in [-0.39, 0.29) is 5.91 Å². The number of amides is 2. The van der Waals surface area contributed by atoms with Gasteiger partial charge in [-0.05, 0) is 34.6 Å². The predicted octanol–water partition coefficient (Wildman–Crippen LogP) is 0.788. The van der Waals surface area contributed by atoms with Crippen LogP contribution in [-0.4, -0.2) is 29.2 Å². The second kappa shape index (κ2) is 3.40. The Balaban J connectivity index is 2.49. The lowest BCUT2D eigenvalue weighted by Crippen LogP contribution is -2.75. The van der Waals surface area contributed by atoms with Crippen LogP contribution in [0.15, 0.2) is 0 Å². The van der Waals surface area contributed by atoms with Crippen molar-refractivity contribution in [3.05, 3.63) is 0 Å². The van der Waals surface area contributed by atoms with Crippen molar-refractivity contribution in [2.45, 2.75) is 51.8 Å². The molecule has 1 aliphatic heterocycles. The van der Waals surface area contributed by atoms with E-state index in [1.807, 2.05) is 13.8 Å². The average Bonchev–Trinajstić information content (AvgIpc) is 1.96. The molecule has 0 aromatic rings. The molecule has 1 atom stereocenters. The number of carbonyl (C=O) groups is 2. The molecule has 0 aromatic carbocycles. The second-order valence-corrected chi connectivity index (χ2v) is 5.29. The Labute approximate surface area is 89.6 Å². The molecule has 5 nitrogen and oxygen atoms in total. The summed E-state index contributed by atoms with van der Waals surface area (Å²) in [5, 5.41) is 5.23. The summed E-state index contributed by atoms with van der Waals surface area (Å²) in [6.07, 6.45) is -0.560. The minimum absolute atomic E-state index is 0.175. The third-order valence-electron chi connectivity index (χ3n) is 2.09. The van der Waals surface area contributed by atoms with Crippen LogP contribution in [-0.2, 0) is 9.53 Å². The Morgan fingerprint density at radius 2 is 2.00 bits per heavy atom. The van der Waals surface area contributed by atoms with Crippen molar-refractivity contribution in [2.75, 3.05) is 0 Å². The highest BCUT2D eigenvalue weighted by atomic mass is 16.6. The van der Waals surface area contributed by atoms with Crippen molar-refractivity contribution in [3.8, 4) is 0 Å². The van der Waals surface area contributed by atoms with E-state index in [0.717, 1.165) is 0 Å². The number of ether oxygens (including phenoxy) is 1. The zero-order valence-electron chi connectivity index (χ0n) is 9.80. The van der Waals surface area contributed by atoms with Crippen molar-refractivity contribution >= 4 is 12.0 Å². The highest BCUT2D eigenvalue weighted by molar-refractivity contribution is 5.93. The van der Waals surface area contributed by atoms with Gasteiger partial charge in [-0.2, -0.15) is 0 Å². The van der Waals surface area contributed by atoms with Gasteiger partial charge in [-0.15, -0.1) is 0 Å². The van der Waals surface area contributed by atoms with Crippen LogP contribution >= 0.6 is 0 Å². The molecular formula is C10H18N2O3.